The molecule has 0 saturated heterocycles. The summed E-state index contributed by atoms with van der Waals surface area (Å²) in [5.74, 6) is 0.231. The number of amides is 1. The van der Waals surface area contributed by atoms with Crippen LogP contribution in [0.1, 0.15) is 65.4 Å². The second kappa shape index (κ2) is 9.53. The summed E-state index contributed by atoms with van der Waals surface area (Å²) in [5.41, 5.74) is 6.34. The molecule has 0 radical (unpaired) electrons. The van der Waals surface area contributed by atoms with E-state index < -0.39 is 0 Å². The second-order valence-corrected chi connectivity index (χ2v) is 9.54. The van der Waals surface area contributed by atoms with Gasteiger partial charge in [-0.2, -0.15) is 0 Å². The van der Waals surface area contributed by atoms with Gasteiger partial charge in [-0.3, -0.25) is 4.79 Å². The van der Waals surface area contributed by atoms with Gasteiger partial charge in [0.1, 0.15) is 11.5 Å². The molecule has 4 aromatic rings. The van der Waals surface area contributed by atoms with E-state index in [4.69, 9.17) is 9.40 Å². The Morgan fingerprint density at radius 1 is 1.00 bits per heavy atom. The van der Waals surface area contributed by atoms with Gasteiger partial charge in [-0.25, -0.2) is 9.37 Å². The van der Waals surface area contributed by atoms with E-state index in [1.165, 1.54) is 31.4 Å². The third-order valence-corrected chi connectivity index (χ3v) is 6.86. The molecule has 1 aliphatic rings. The van der Waals surface area contributed by atoms with Gasteiger partial charge < -0.3 is 14.3 Å². The van der Waals surface area contributed by atoms with Gasteiger partial charge in [0.2, 0.25) is 0 Å². The molecule has 180 valence electrons. The molecule has 1 fully saturated rings. The van der Waals surface area contributed by atoms with Gasteiger partial charge in [0.25, 0.3) is 5.91 Å². The minimum Gasteiger partial charge on any atom is -0.449 e. The number of aromatic nitrogens is 2. The van der Waals surface area contributed by atoms with E-state index in [2.05, 4.69) is 9.88 Å². The molecule has 1 aliphatic carbocycles. The number of anilines is 1. The van der Waals surface area contributed by atoms with Gasteiger partial charge in [0.05, 0.1) is 12.0 Å². The Labute approximate surface area is 205 Å². The standard InChI is InChI=1S/C29H30FN3O2/c1-18-15-19(2)26(20(3)16-18)32-29(34)25-14-13-24(35-25)28-27(21-9-11-22(30)12-10-21)31-17-33(28)23-7-5-4-6-8-23/h9-17,23H,4-8H2,1-3H3,(H,32,34). The smallest absolute Gasteiger partial charge is 0.291 e. The summed E-state index contributed by atoms with van der Waals surface area (Å²) in [6.07, 6.45) is 7.60. The molecule has 0 spiro atoms. The van der Waals surface area contributed by atoms with Crippen molar-refractivity contribution in [3.63, 3.8) is 0 Å². The van der Waals surface area contributed by atoms with E-state index in [0.29, 0.717) is 11.8 Å². The van der Waals surface area contributed by atoms with E-state index in [-0.39, 0.29) is 17.5 Å². The number of hydrogen-bond donors (Lipinski definition) is 1. The number of benzene rings is 2. The van der Waals surface area contributed by atoms with Crippen molar-refractivity contribution in [3.8, 4) is 22.7 Å². The summed E-state index contributed by atoms with van der Waals surface area (Å²) in [6, 6.07) is 14.3. The van der Waals surface area contributed by atoms with Crippen LogP contribution in [0.25, 0.3) is 22.7 Å². The van der Waals surface area contributed by atoms with E-state index in [9.17, 15) is 9.18 Å². The van der Waals surface area contributed by atoms with E-state index in [1.807, 2.05) is 45.3 Å². The number of carbonyl (C=O) groups is 1. The summed E-state index contributed by atoms with van der Waals surface area (Å²) in [6.45, 7) is 6.01. The maximum atomic E-state index is 13.6. The van der Waals surface area contributed by atoms with Crippen molar-refractivity contribution in [2.24, 2.45) is 0 Å². The number of nitrogens with zero attached hydrogens (tertiary/aromatic N) is 2. The highest BCUT2D eigenvalue weighted by Gasteiger charge is 2.25. The van der Waals surface area contributed by atoms with Crippen LogP contribution in [0.2, 0.25) is 0 Å². The van der Waals surface area contributed by atoms with Crippen molar-refractivity contribution in [2.75, 3.05) is 5.32 Å². The molecule has 2 aromatic heterocycles. The highest BCUT2D eigenvalue weighted by Crippen LogP contribution is 2.38. The summed E-state index contributed by atoms with van der Waals surface area (Å²) in [7, 11) is 0. The third kappa shape index (κ3) is 4.65. The zero-order valence-electron chi connectivity index (χ0n) is 20.4. The Morgan fingerprint density at radius 2 is 1.69 bits per heavy atom. The molecule has 1 amide bonds. The van der Waals surface area contributed by atoms with Crippen molar-refractivity contribution >= 4 is 11.6 Å². The minimum absolute atomic E-state index is 0.237. The number of aryl methyl sites for hydroxylation is 3. The molecule has 2 heterocycles. The predicted octanol–water partition coefficient (Wildman–Crippen LogP) is 7.63. The lowest BCUT2D eigenvalue weighted by atomic mass is 9.95. The van der Waals surface area contributed by atoms with Gasteiger partial charge in [-0.05, 0) is 81.1 Å². The SMILES string of the molecule is Cc1cc(C)c(NC(=O)c2ccc(-c3c(-c4ccc(F)cc4)ncn3C3CCCCC3)o2)c(C)c1. The lowest BCUT2D eigenvalue weighted by Crippen LogP contribution is -2.13. The molecule has 35 heavy (non-hydrogen) atoms. The van der Waals surface area contributed by atoms with Gasteiger partial charge >= 0.3 is 0 Å². The Kier molecular flexibility index (Phi) is 6.29. The number of nitrogens with one attached hydrogen (secondary N) is 1. The van der Waals surface area contributed by atoms with Crippen molar-refractivity contribution in [1.82, 2.24) is 9.55 Å². The highest BCUT2D eigenvalue weighted by atomic mass is 19.1. The molecular weight excluding hydrogens is 441 g/mol. The molecule has 6 heteroatoms. The fourth-order valence-corrected chi connectivity index (χ4v) is 5.20. The van der Waals surface area contributed by atoms with Crippen LogP contribution in [0.5, 0.6) is 0 Å². The van der Waals surface area contributed by atoms with Crippen LogP contribution in [0, 0.1) is 26.6 Å². The lowest BCUT2D eigenvalue weighted by molar-refractivity contribution is 0.0997. The van der Waals surface area contributed by atoms with Gasteiger partial charge in [-0.1, -0.05) is 37.0 Å². The molecule has 0 aliphatic heterocycles. The molecular formula is C29H30FN3O2. The van der Waals surface area contributed by atoms with Crippen LogP contribution in [-0.2, 0) is 0 Å². The van der Waals surface area contributed by atoms with E-state index >= 15 is 0 Å². The summed E-state index contributed by atoms with van der Waals surface area (Å²) >= 11 is 0. The van der Waals surface area contributed by atoms with Gasteiger partial charge in [0, 0.05) is 17.3 Å². The van der Waals surface area contributed by atoms with Crippen molar-refractivity contribution in [3.05, 3.63) is 83.1 Å². The molecule has 5 nitrogen and oxygen atoms in total. The van der Waals surface area contributed by atoms with Crippen molar-refractivity contribution in [1.29, 1.82) is 0 Å². The number of imidazole rings is 1. The van der Waals surface area contributed by atoms with Gasteiger partial charge in [-0.15, -0.1) is 0 Å². The maximum Gasteiger partial charge on any atom is 0.291 e. The lowest BCUT2D eigenvalue weighted by Gasteiger charge is -2.24. The zero-order valence-corrected chi connectivity index (χ0v) is 20.4. The van der Waals surface area contributed by atoms with Crippen molar-refractivity contribution in [2.45, 2.75) is 58.9 Å². The van der Waals surface area contributed by atoms with E-state index in [1.54, 1.807) is 18.2 Å². The van der Waals surface area contributed by atoms with Crippen LogP contribution in [0.4, 0.5) is 10.1 Å². The second-order valence-electron chi connectivity index (χ2n) is 9.54. The molecule has 0 atom stereocenters. The number of rotatable bonds is 5. The highest BCUT2D eigenvalue weighted by molar-refractivity contribution is 6.03. The Hall–Kier alpha value is -3.67. The Morgan fingerprint density at radius 3 is 2.37 bits per heavy atom. The monoisotopic (exact) mass is 471 g/mol. The molecule has 0 unspecified atom stereocenters. The first-order valence-corrected chi connectivity index (χ1v) is 12.2. The zero-order chi connectivity index (χ0) is 24.5. The average Bonchev–Trinajstić information content (AvgIpc) is 3.50. The fourth-order valence-electron chi connectivity index (χ4n) is 5.20. The number of halogens is 1. The molecule has 1 N–H and O–H groups in total. The van der Waals surface area contributed by atoms with Crippen LogP contribution < -0.4 is 5.32 Å². The molecule has 1 saturated carbocycles. The van der Waals surface area contributed by atoms with E-state index in [0.717, 1.165) is 52.2 Å². The van der Waals surface area contributed by atoms with Crippen LogP contribution >= 0.6 is 0 Å². The quantitative estimate of drug-likeness (QED) is 0.325. The van der Waals surface area contributed by atoms with Crippen LogP contribution in [0.15, 0.2) is 59.3 Å². The topological polar surface area (TPSA) is 60.1 Å². The fraction of sp³-hybridized carbons (Fsp3) is 0.310. The van der Waals surface area contributed by atoms with Crippen LogP contribution in [0.3, 0.4) is 0 Å². The first kappa shape index (κ1) is 23.1. The minimum atomic E-state index is -0.293. The maximum absolute atomic E-state index is 13.6. The molecule has 0 bridgehead atoms. The first-order valence-electron chi connectivity index (χ1n) is 12.2. The molecule has 5 rings (SSSR count). The summed E-state index contributed by atoms with van der Waals surface area (Å²) in [4.78, 5) is 17.8. The Balaban J connectivity index is 1.51. The first-order chi connectivity index (χ1) is 16.9. The Bertz CT molecular complexity index is 1340. The normalized spacial score (nSPS) is 14.3. The third-order valence-electron chi connectivity index (χ3n) is 6.86. The van der Waals surface area contributed by atoms with Gasteiger partial charge in [0.15, 0.2) is 11.5 Å². The van der Waals surface area contributed by atoms with Crippen LogP contribution in [-0.4, -0.2) is 15.5 Å². The van der Waals surface area contributed by atoms with Crippen molar-refractivity contribution < 1.29 is 13.6 Å². The largest absolute Gasteiger partial charge is 0.449 e. The summed E-state index contributed by atoms with van der Waals surface area (Å²) in [5, 5.41) is 3.01. The average molecular weight is 472 g/mol. The number of carbonyl (C=O) groups excluding carboxylic acids is 1. The summed E-state index contributed by atoms with van der Waals surface area (Å²) < 4.78 is 21.9. The number of hydrogen-bond acceptors (Lipinski definition) is 3. The molecule has 2 aromatic carbocycles. The predicted molar refractivity (Wildman–Crippen MR) is 136 cm³/mol. The number of furan rings is 1.